The molecule has 0 spiro atoms. The molecule has 0 atom stereocenters. The summed E-state index contributed by atoms with van der Waals surface area (Å²) < 4.78 is 9.70. The molecule has 1 saturated heterocycles. The largest absolute Gasteiger partial charge is 0.481 e. The van der Waals surface area contributed by atoms with Gasteiger partial charge in [-0.15, -0.1) is 0 Å². The van der Waals surface area contributed by atoms with Crippen molar-refractivity contribution in [1.29, 1.82) is 5.26 Å². The highest BCUT2D eigenvalue weighted by molar-refractivity contribution is 7.09. The highest BCUT2D eigenvalue weighted by Crippen LogP contribution is 2.25. The third-order valence-corrected chi connectivity index (χ3v) is 5.83. The van der Waals surface area contributed by atoms with Gasteiger partial charge in [0, 0.05) is 62.1 Å². The van der Waals surface area contributed by atoms with Gasteiger partial charge in [0.25, 0.3) is 0 Å². The molecule has 1 aromatic carbocycles. The Morgan fingerprint density at radius 2 is 1.93 bits per heavy atom. The lowest BCUT2D eigenvalue weighted by molar-refractivity contribution is 0.261. The van der Waals surface area contributed by atoms with Crippen LogP contribution in [-0.2, 0) is 6.42 Å². The fraction of sp³-hybridized carbons (Fsp3) is 0.333. The SMILES string of the molecule is COc1cc(CCN2CCN(c3nc(-c4ccc(C#N)cc4)ns3)CC2)ccn1. The minimum atomic E-state index is 0.644. The predicted octanol–water partition coefficient (Wildman–Crippen LogP) is 2.85. The Morgan fingerprint density at radius 1 is 1.14 bits per heavy atom. The summed E-state index contributed by atoms with van der Waals surface area (Å²) in [5.41, 5.74) is 2.83. The Bertz CT molecular complexity index is 989. The zero-order valence-electron chi connectivity index (χ0n) is 16.3. The first-order chi connectivity index (χ1) is 14.2. The Morgan fingerprint density at radius 3 is 2.66 bits per heavy atom. The minimum absolute atomic E-state index is 0.644. The Kier molecular flexibility index (Phi) is 5.98. The number of anilines is 1. The minimum Gasteiger partial charge on any atom is -0.481 e. The molecule has 0 unspecified atom stereocenters. The highest BCUT2D eigenvalue weighted by Gasteiger charge is 2.20. The van der Waals surface area contributed by atoms with Gasteiger partial charge in [0.05, 0.1) is 18.7 Å². The first-order valence-corrected chi connectivity index (χ1v) is 10.3. The molecule has 0 radical (unpaired) electrons. The summed E-state index contributed by atoms with van der Waals surface area (Å²) in [6, 6.07) is 13.6. The molecule has 3 heterocycles. The van der Waals surface area contributed by atoms with Crippen LogP contribution in [0.2, 0.25) is 0 Å². The summed E-state index contributed by atoms with van der Waals surface area (Å²) in [4.78, 5) is 13.6. The smallest absolute Gasteiger partial charge is 0.213 e. The van der Waals surface area contributed by atoms with Crippen LogP contribution in [0.4, 0.5) is 5.13 Å². The van der Waals surface area contributed by atoms with Gasteiger partial charge in [-0.3, -0.25) is 4.90 Å². The molecule has 0 amide bonds. The number of hydrogen-bond donors (Lipinski definition) is 0. The van der Waals surface area contributed by atoms with Gasteiger partial charge in [-0.05, 0) is 42.3 Å². The molecule has 2 aromatic heterocycles. The van der Waals surface area contributed by atoms with Gasteiger partial charge in [0.1, 0.15) is 0 Å². The van der Waals surface area contributed by atoms with E-state index in [1.165, 1.54) is 17.1 Å². The van der Waals surface area contributed by atoms with E-state index in [1.807, 2.05) is 24.3 Å². The van der Waals surface area contributed by atoms with E-state index in [0.29, 0.717) is 11.4 Å². The van der Waals surface area contributed by atoms with Crippen molar-refractivity contribution < 1.29 is 4.74 Å². The molecule has 3 aromatic rings. The molecule has 0 aliphatic carbocycles. The van der Waals surface area contributed by atoms with Crippen molar-refractivity contribution >= 4 is 16.7 Å². The molecule has 7 nitrogen and oxygen atoms in total. The van der Waals surface area contributed by atoms with Crippen molar-refractivity contribution in [2.45, 2.75) is 6.42 Å². The quantitative estimate of drug-likeness (QED) is 0.623. The van der Waals surface area contributed by atoms with Crippen molar-refractivity contribution in [3.63, 3.8) is 0 Å². The third kappa shape index (κ3) is 4.70. The van der Waals surface area contributed by atoms with Crippen LogP contribution in [-0.4, -0.2) is 59.1 Å². The summed E-state index contributed by atoms with van der Waals surface area (Å²) in [6.07, 6.45) is 2.79. The summed E-state index contributed by atoms with van der Waals surface area (Å²) in [7, 11) is 1.64. The van der Waals surface area contributed by atoms with E-state index in [-0.39, 0.29) is 0 Å². The number of ether oxygens (including phenoxy) is 1. The molecule has 148 valence electrons. The van der Waals surface area contributed by atoms with Crippen LogP contribution in [0.3, 0.4) is 0 Å². The Balaban J connectivity index is 1.30. The van der Waals surface area contributed by atoms with Crippen molar-refractivity contribution in [3.8, 4) is 23.3 Å². The molecule has 29 heavy (non-hydrogen) atoms. The third-order valence-electron chi connectivity index (χ3n) is 5.06. The van der Waals surface area contributed by atoms with Crippen LogP contribution < -0.4 is 9.64 Å². The normalized spacial score (nSPS) is 14.6. The first-order valence-electron chi connectivity index (χ1n) is 9.55. The zero-order chi connectivity index (χ0) is 20.1. The molecule has 0 saturated carbocycles. The molecule has 1 aliphatic rings. The fourth-order valence-corrected chi connectivity index (χ4v) is 4.06. The number of benzene rings is 1. The number of nitrogens with zero attached hydrogens (tertiary/aromatic N) is 6. The lowest BCUT2D eigenvalue weighted by Crippen LogP contribution is -2.47. The van der Waals surface area contributed by atoms with Gasteiger partial charge in [0.2, 0.25) is 11.0 Å². The lowest BCUT2D eigenvalue weighted by atomic mass is 10.1. The number of piperazine rings is 1. The van der Waals surface area contributed by atoms with E-state index in [4.69, 9.17) is 15.0 Å². The number of pyridine rings is 1. The van der Waals surface area contributed by atoms with Gasteiger partial charge >= 0.3 is 0 Å². The predicted molar refractivity (Wildman–Crippen MR) is 113 cm³/mol. The van der Waals surface area contributed by atoms with Gasteiger partial charge in [-0.2, -0.15) is 14.6 Å². The van der Waals surface area contributed by atoms with Crippen LogP contribution in [0.15, 0.2) is 42.6 Å². The van der Waals surface area contributed by atoms with Gasteiger partial charge < -0.3 is 9.64 Å². The molecule has 0 bridgehead atoms. The zero-order valence-corrected chi connectivity index (χ0v) is 17.1. The van der Waals surface area contributed by atoms with E-state index in [2.05, 4.69) is 25.2 Å². The Labute approximate surface area is 174 Å². The van der Waals surface area contributed by atoms with Crippen molar-refractivity contribution in [3.05, 3.63) is 53.7 Å². The summed E-state index contributed by atoms with van der Waals surface area (Å²) >= 11 is 1.44. The standard InChI is InChI=1S/C21H22N6OS/c1-28-19-14-16(6-8-23-19)7-9-26-10-12-27(13-11-26)21-24-20(25-29-21)18-4-2-17(15-22)3-5-18/h2-6,8,14H,7,9-13H2,1H3. The molecule has 1 aliphatic heterocycles. The van der Waals surface area contributed by atoms with E-state index < -0.39 is 0 Å². The number of aromatic nitrogens is 3. The van der Waals surface area contributed by atoms with E-state index in [0.717, 1.165) is 55.7 Å². The van der Waals surface area contributed by atoms with E-state index >= 15 is 0 Å². The Hall–Kier alpha value is -3.02. The summed E-state index contributed by atoms with van der Waals surface area (Å²) in [5.74, 6) is 1.39. The first kappa shape index (κ1) is 19.3. The van der Waals surface area contributed by atoms with Gasteiger partial charge in [-0.25, -0.2) is 4.98 Å². The van der Waals surface area contributed by atoms with E-state index in [1.54, 1.807) is 25.4 Å². The van der Waals surface area contributed by atoms with Crippen molar-refractivity contribution in [2.75, 3.05) is 44.7 Å². The average Bonchev–Trinajstić information content (AvgIpc) is 3.28. The maximum atomic E-state index is 8.92. The number of nitriles is 1. The summed E-state index contributed by atoms with van der Waals surface area (Å²) in [5, 5.41) is 9.88. The number of hydrogen-bond acceptors (Lipinski definition) is 8. The van der Waals surface area contributed by atoms with Crippen LogP contribution in [0.1, 0.15) is 11.1 Å². The second-order valence-corrected chi connectivity index (χ2v) is 7.61. The average molecular weight is 407 g/mol. The molecular weight excluding hydrogens is 384 g/mol. The molecular formula is C21H22N6OS. The maximum Gasteiger partial charge on any atom is 0.213 e. The monoisotopic (exact) mass is 406 g/mol. The van der Waals surface area contributed by atoms with Crippen molar-refractivity contribution in [2.24, 2.45) is 0 Å². The molecule has 4 rings (SSSR count). The molecule has 8 heteroatoms. The molecule has 1 fully saturated rings. The highest BCUT2D eigenvalue weighted by atomic mass is 32.1. The molecule has 0 N–H and O–H groups in total. The van der Waals surface area contributed by atoms with Gasteiger partial charge in [-0.1, -0.05) is 0 Å². The van der Waals surface area contributed by atoms with Crippen LogP contribution in [0, 0.1) is 11.3 Å². The topological polar surface area (TPSA) is 78.2 Å². The fourth-order valence-electron chi connectivity index (χ4n) is 3.32. The second-order valence-electron chi connectivity index (χ2n) is 6.87. The van der Waals surface area contributed by atoms with Crippen LogP contribution in [0.5, 0.6) is 5.88 Å². The van der Waals surface area contributed by atoms with Crippen molar-refractivity contribution in [1.82, 2.24) is 19.2 Å². The van der Waals surface area contributed by atoms with Crippen LogP contribution >= 0.6 is 11.5 Å². The summed E-state index contributed by atoms with van der Waals surface area (Å²) in [6.45, 7) is 4.93. The lowest BCUT2D eigenvalue weighted by Gasteiger charge is -2.34. The second kappa shape index (κ2) is 8.99. The number of methoxy groups -OCH3 is 1. The van der Waals surface area contributed by atoms with E-state index in [9.17, 15) is 0 Å². The number of rotatable bonds is 6. The maximum absolute atomic E-state index is 8.92. The van der Waals surface area contributed by atoms with Crippen LogP contribution in [0.25, 0.3) is 11.4 Å². The van der Waals surface area contributed by atoms with Gasteiger partial charge in [0.15, 0.2) is 5.82 Å².